The van der Waals surface area contributed by atoms with Crippen molar-refractivity contribution >= 4 is 17.5 Å². The SMILES string of the molecule is CC1CCC(C#N)(NC(=O)c2cccc(Cl)c2)CC1. The minimum atomic E-state index is -0.716. The highest BCUT2D eigenvalue weighted by molar-refractivity contribution is 6.30. The Morgan fingerprint density at radius 2 is 2.16 bits per heavy atom. The fourth-order valence-corrected chi connectivity index (χ4v) is 2.63. The number of carbonyl (C=O) groups excluding carboxylic acids is 1. The van der Waals surface area contributed by atoms with Crippen LogP contribution in [0.1, 0.15) is 43.0 Å². The summed E-state index contributed by atoms with van der Waals surface area (Å²) < 4.78 is 0. The molecule has 1 saturated carbocycles. The monoisotopic (exact) mass is 276 g/mol. The Balaban J connectivity index is 2.11. The molecule has 1 aromatic rings. The molecule has 0 aromatic heterocycles. The van der Waals surface area contributed by atoms with Crippen molar-refractivity contribution in [1.29, 1.82) is 5.26 Å². The van der Waals surface area contributed by atoms with Crippen molar-refractivity contribution in [3.05, 3.63) is 34.9 Å². The van der Waals surface area contributed by atoms with Crippen molar-refractivity contribution in [2.24, 2.45) is 5.92 Å². The molecule has 0 spiro atoms. The Labute approximate surface area is 118 Å². The zero-order valence-electron chi connectivity index (χ0n) is 10.9. The fraction of sp³-hybridized carbons (Fsp3) is 0.467. The van der Waals surface area contributed by atoms with E-state index in [-0.39, 0.29) is 5.91 Å². The van der Waals surface area contributed by atoms with Crippen LogP contribution in [0, 0.1) is 17.2 Å². The summed E-state index contributed by atoms with van der Waals surface area (Å²) in [6, 6.07) is 9.07. The Morgan fingerprint density at radius 1 is 1.47 bits per heavy atom. The molecule has 1 N–H and O–H groups in total. The molecule has 1 aromatic carbocycles. The second kappa shape index (κ2) is 5.63. The lowest BCUT2D eigenvalue weighted by Crippen LogP contribution is -2.49. The molecule has 3 nitrogen and oxygen atoms in total. The van der Waals surface area contributed by atoms with Gasteiger partial charge in [-0.25, -0.2) is 0 Å². The number of nitrogens with one attached hydrogen (secondary N) is 1. The number of nitriles is 1. The summed E-state index contributed by atoms with van der Waals surface area (Å²) in [5.74, 6) is 0.406. The highest BCUT2D eigenvalue weighted by Gasteiger charge is 2.35. The third kappa shape index (κ3) is 3.27. The van der Waals surface area contributed by atoms with Crippen LogP contribution in [0.5, 0.6) is 0 Å². The summed E-state index contributed by atoms with van der Waals surface area (Å²) >= 11 is 5.87. The first-order valence-corrected chi connectivity index (χ1v) is 6.92. The summed E-state index contributed by atoms with van der Waals surface area (Å²) in [4.78, 5) is 12.2. The van der Waals surface area contributed by atoms with Crippen LogP contribution in [-0.2, 0) is 0 Å². The van der Waals surface area contributed by atoms with E-state index in [2.05, 4.69) is 18.3 Å². The van der Waals surface area contributed by atoms with Gasteiger partial charge < -0.3 is 5.32 Å². The van der Waals surface area contributed by atoms with Gasteiger partial charge in [-0.05, 0) is 49.8 Å². The van der Waals surface area contributed by atoms with Gasteiger partial charge in [0.25, 0.3) is 5.91 Å². The minimum absolute atomic E-state index is 0.224. The van der Waals surface area contributed by atoms with E-state index in [1.54, 1.807) is 24.3 Å². The van der Waals surface area contributed by atoms with Gasteiger partial charge in [0.05, 0.1) is 6.07 Å². The van der Waals surface area contributed by atoms with Gasteiger partial charge in [0.1, 0.15) is 5.54 Å². The molecule has 0 unspecified atom stereocenters. The molecule has 0 saturated heterocycles. The third-order valence-corrected chi connectivity index (χ3v) is 4.02. The summed E-state index contributed by atoms with van der Waals surface area (Å²) in [7, 11) is 0. The Kier molecular flexibility index (Phi) is 4.11. The van der Waals surface area contributed by atoms with Crippen LogP contribution in [0.3, 0.4) is 0 Å². The maximum atomic E-state index is 12.2. The van der Waals surface area contributed by atoms with Crippen LogP contribution >= 0.6 is 11.6 Å². The zero-order chi connectivity index (χ0) is 13.9. The number of hydrogen-bond acceptors (Lipinski definition) is 2. The second-order valence-electron chi connectivity index (χ2n) is 5.34. The van der Waals surface area contributed by atoms with Crippen LogP contribution in [-0.4, -0.2) is 11.4 Å². The van der Waals surface area contributed by atoms with Crippen LogP contribution in [0.4, 0.5) is 0 Å². The molecule has 100 valence electrons. The maximum absolute atomic E-state index is 12.2. The lowest BCUT2D eigenvalue weighted by molar-refractivity contribution is 0.0894. The number of halogens is 1. The van der Waals surface area contributed by atoms with Crippen molar-refractivity contribution in [1.82, 2.24) is 5.32 Å². The lowest BCUT2D eigenvalue weighted by atomic mass is 9.78. The molecule has 0 atom stereocenters. The van der Waals surface area contributed by atoms with E-state index in [4.69, 9.17) is 11.6 Å². The van der Waals surface area contributed by atoms with E-state index in [1.807, 2.05) is 0 Å². The molecule has 0 radical (unpaired) electrons. The first-order chi connectivity index (χ1) is 9.04. The first-order valence-electron chi connectivity index (χ1n) is 6.54. The summed E-state index contributed by atoms with van der Waals surface area (Å²) in [5, 5.41) is 12.8. The molecule has 0 heterocycles. The molecule has 1 fully saturated rings. The van der Waals surface area contributed by atoms with Gasteiger partial charge in [-0.2, -0.15) is 5.26 Å². The van der Waals surface area contributed by atoms with Gasteiger partial charge in [-0.15, -0.1) is 0 Å². The summed E-state index contributed by atoms with van der Waals surface area (Å²) in [6.45, 7) is 2.18. The molecule has 0 bridgehead atoms. The number of benzene rings is 1. The van der Waals surface area contributed by atoms with Gasteiger partial charge in [0, 0.05) is 10.6 Å². The van der Waals surface area contributed by atoms with E-state index in [0.29, 0.717) is 16.5 Å². The van der Waals surface area contributed by atoms with E-state index in [1.165, 1.54) is 0 Å². The van der Waals surface area contributed by atoms with Crippen molar-refractivity contribution in [2.45, 2.75) is 38.1 Å². The van der Waals surface area contributed by atoms with Gasteiger partial charge in [0.2, 0.25) is 0 Å². The van der Waals surface area contributed by atoms with Crippen molar-refractivity contribution in [2.75, 3.05) is 0 Å². The highest BCUT2D eigenvalue weighted by atomic mass is 35.5. The van der Waals surface area contributed by atoms with Crippen molar-refractivity contribution in [3.8, 4) is 6.07 Å². The molecule has 1 aliphatic carbocycles. The average Bonchev–Trinajstić information content (AvgIpc) is 2.42. The average molecular weight is 277 g/mol. The molecule has 2 rings (SSSR count). The molecule has 19 heavy (non-hydrogen) atoms. The fourth-order valence-electron chi connectivity index (χ4n) is 2.44. The standard InChI is InChI=1S/C15H17ClN2O/c1-11-5-7-15(10-17,8-6-11)18-14(19)12-3-2-4-13(16)9-12/h2-4,9,11H,5-8H2,1H3,(H,18,19). The van der Waals surface area contributed by atoms with Gasteiger partial charge >= 0.3 is 0 Å². The summed E-state index contributed by atoms with van der Waals surface area (Å²) in [5.41, 5.74) is -0.216. The molecular formula is C15H17ClN2O. The normalized spacial score (nSPS) is 26.5. The smallest absolute Gasteiger partial charge is 0.252 e. The number of carbonyl (C=O) groups is 1. The van der Waals surface area contributed by atoms with Gasteiger partial charge in [-0.1, -0.05) is 24.6 Å². The Morgan fingerprint density at radius 3 is 2.74 bits per heavy atom. The van der Waals surface area contributed by atoms with Crippen molar-refractivity contribution < 1.29 is 4.79 Å². The van der Waals surface area contributed by atoms with E-state index < -0.39 is 5.54 Å². The molecule has 1 aliphatic rings. The Bertz CT molecular complexity index is 513. The number of nitrogens with zero attached hydrogens (tertiary/aromatic N) is 1. The van der Waals surface area contributed by atoms with Crippen LogP contribution in [0.25, 0.3) is 0 Å². The maximum Gasteiger partial charge on any atom is 0.252 e. The molecule has 0 aliphatic heterocycles. The third-order valence-electron chi connectivity index (χ3n) is 3.78. The number of hydrogen-bond donors (Lipinski definition) is 1. The van der Waals surface area contributed by atoms with E-state index in [9.17, 15) is 10.1 Å². The second-order valence-corrected chi connectivity index (χ2v) is 5.78. The number of rotatable bonds is 2. The summed E-state index contributed by atoms with van der Waals surface area (Å²) in [6.07, 6.45) is 3.39. The quantitative estimate of drug-likeness (QED) is 0.898. The van der Waals surface area contributed by atoms with E-state index in [0.717, 1.165) is 25.7 Å². The predicted octanol–water partition coefficient (Wildman–Crippen LogP) is 3.54. The largest absolute Gasteiger partial charge is 0.334 e. The van der Waals surface area contributed by atoms with Crippen LogP contribution in [0.15, 0.2) is 24.3 Å². The van der Waals surface area contributed by atoms with Crippen molar-refractivity contribution in [3.63, 3.8) is 0 Å². The lowest BCUT2D eigenvalue weighted by Gasteiger charge is -2.34. The molecule has 4 heteroatoms. The van der Waals surface area contributed by atoms with Gasteiger partial charge in [0.15, 0.2) is 0 Å². The molecular weight excluding hydrogens is 260 g/mol. The van der Waals surface area contributed by atoms with Gasteiger partial charge in [-0.3, -0.25) is 4.79 Å². The molecule has 1 amide bonds. The highest BCUT2D eigenvalue weighted by Crippen LogP contribution is 2.31. The van der Waals surface area contributed by atoms with Crippen LogP contribution in [0.2, 0.25) is 5.02 Å². The van der Waals surface area contributed by atoms with Crippen LogP contribution < -0.4 is 5.32 Å². The topological polar surface area (TPSA) is 52.9 Å². The van der Waals surface area contributed by atoms with E-state index >= 15 is 0 Å². The zero-order valence-corrected chi connectivity index (χ0v) is 11.7. The number of amides is 1. The first kappa shape index (κ1) is 13.9. The predicted molar refractivity (Wildman–Crippen MR) is 74.9 cm³/mol. The minimum Gasteiger partial charge on any atom is -0.334 e. The Hall–Kier alpha value is -1.53.